The van der Waals surface area contributed by atoms with Crippen LogP contribution in [0, 0.1) is 0 Å². The molecule has 0 aliphatic rings. The van der Waals surface area contributed by atoms with Gasteiger partial charge in [-0.05, 0) is 37.7 Å². The molecule has 0 saturated carbocycles. The first kappa shape index (κ1) is 13.0. The number of hydrogen-bond acceptors (Lipinski definition) is 2. The molecule has 84 valence electrons. The maximum atomic E-state index is 6.11. The minimum Gasteiger partial charge on any atom is -0.329 e. The molecule has 0 fully saturated rings. The van der Waals surface area contributed by atoms with E-state index >= 15 is 0 Å². The van der Waals surface area contributed by atoms with Crippen LogP contribution in [0.3, 0.4) is 0 Å². The van der Waals surface area contributed by atoms with E-state index in [2.05, 4.69) is 34.8 Å². The zero-order valence-electron chi connectivity index (χ0n) is 9.00. The van der Waals surface area contributed by atoms with Crippen LogP contribution in [0.15, 0.2) is 22.7 Å². The van der Waals surface area contributed by atoms with Gasteiger partial charge in [0.25, 0.3) is 0 Å². The van der Waals surface area contributed by atoms with E-state index in [0.717, 1.165) is 21.6 Å². The highest BCUT2D eigenvalue weighted by Crippen LogP contribution is 2.22. The summed E-state index contributed by atoms with van der Waals surface area (Å²) in [7, 11) is 2.05. The molecule has 0 aliphatic carbocycles. The number of halogens is 2. The standard InChI is InChI=1S/C11H16BrClN2/c1-8(6-14)15(2)7-9-5-10(12)3-4-11(9)13/h3-5,8H,6-7,14H2,1-2H3. The number of rotatable bonds is 4. The number of benzene rings is 1. The van der Waals surface area contributed by atoms with Crippen LogP contribution in [0.5, 0.6) is 0 Å². The third kappa shape index (κ3) is 3.76. The van der Waals surface area contributed by atoms with Crippen LogP contribution >= 0.6 is 27.5 Å². The lowest BCUT2D eigenvalue weighted by molar-refractivity contribution is 0.255. The van der Waals surface area contributed by atoms with E-state index in [4.69, 9.17) is 17.3 Å². The van der Waals surface area contributed by atoms with Gasteiger partial charge in [0, 0.05) is 28.6 Å². The van der Waals surface area contributed by atoms with E-state index in [1.165, 1.54) is 0 Å². The summed E-state index contributed by atoms with van der Waals surface area (Å²) in [6.07, 6.45) is 0. The summed E-state index contributed by atoms with van der Waals surface area (Å²) < 4.78 is 1.05. The molecule has 0 radical (unpaired) electrons. The van der Waals surface area contributed by atoms with Crippen molar-refractivity contribution in [3.8, 4) is 0 Å². The van der Waals surface area contributed by atoms with Crippen LogP contribution in [0.1, 0.15) is 12.5 Å². The van der Waals surface area contributed by atoms with E-state index in [9.17, 15) is 0 Å². The predicted octanol–water partition coefficient (Wildman–Crippen LogP) is 2.88. The normalized spacial score (nSPS) is 13.2. The van der Waals surface area contributed by atoms with Crippen molar-refractivity contribution in [3.63, 3.8) is 0 Å². The largest absolute Gasteiger partial charge is 0.329 e. The van der Waals surface area contributed by atoms with Crippen molar-refractivity contribution in [2.24, 2.45) is 5.73 Å². The summed E-state index contributed by atoms with van der Waals surface area (Å²) in [5, 5.41) is 0.800. The van der Waals surface area contributed by atoms with Crippen LogP contribution in [0.25, 0.3) is 0 Å². The third-order valence-electron chi connectivity index (χ3n) is 2.52. The molecular formula is C11H16BrClN2. The molecule has 0 aromatic heterocycles. The first-order valence-electron chi connectivity index (χ1n) is 4.89. The first-order chi connectivity index (χ1) is 7.04. The van der Waals surface area contributed by atoms with Gasteiger partial charge >= 0.3 is 0 Å². The van der Waals surface area contributed by atoms with Gasteiger partial charge in [-0.25, -0.2) is 0 Å². The van der Waals surface area contributed by atoms with Crippen LogP contribution in [0.2, 0.25) is 5.02 Å². The Morgan fingerprint density at radius 1 is 1.53 bits per heavy atom. The van der Waals surface area contributed by atoms with E-state index < -0.39 is 0 Å². The molecule has 2 N–H and O–H groups in total. The van der Waals surface area contributed by atoms with E-state index in [-0.39, 0.29) is 0 Å². The predicted molar refractivity (Wildman–Crippen MR) is 69.1 cm³/mol. The molecular weight excluding hydrogens is 275 g/mol. The molecule has 15 heavy (non-hydrogen) atoms. The van der Waals surface area contributed by atoms with Crippen LogP contribution in [-0.4, -0.2) is 24.5 Å². The second-order valence-electron chi connectivity index (χ2n) is 3.74. The summed E-state index contributed by atoms with van der Waals surface area (Å²) in [4.78, 5) is 2.19. The maximum Gasteiger partial charge on any atom is 0.0451 e. The highest BCUT2D eigenvalue weighted by Gasteiger charge is 2.09. The summed E-state index contributed by atoms with van der Waals surface area (Å²) >= 11 is 9.55. The molecule has 1 aromatic carbocycles. The fraction of sp³-hybridized carbons (Fsp3) is 0.455. The SMILES string of the molecule is CC(CN)N(C)Cc1cc(Br)ccc1Cl. The highest BCUT2D eigenvalue weighted by atomic mass is 79.9. The molecule has 0 bridgehead atoms. The van der Waals surface area contributed by atoms with Gasteiger partial charge in [-0.3, -0.25) is 4.90 Å². The Morgan fingerprint density at radius 2 is 2.20 bits per heavy atom. The van der Waals surface area contributed by atoms with Crippen molar-refractivity contribution >= 4 is 27.5 Å². The van der Waals surface area contributed by atoms with E-state index in [1.807, 2.05) is 18.2 Å². The quantitative estimate of drug-likeness (QED) is 0.924. The minimum atomic E-state index is 0.361. The zero-order valence-corrected chi connectivity index (χ0v) is 11.3. The number of likely N-dealkylation sites (N-methyl/N-ethyl adjacent to an activating group) is 1. The molecule has 2 nitrogen and oxygen atoms in total. The average Bonchev–Trinajstić information content (AvgIpc) is 2.22. The monoisotopic (exact) mass is 290 g/mol. The van der Waals surface area contributed by atoms with Gasteiger partial charge in [0.15, 0.2) is 0 Å². The van der Waals surface area contributed by atoms with Gasteiger partial charge in [0.1, 0.15) is 0 Å². The van der Waals surface area contributed by atoms with Gasteiger partial charge in [-0.2, -0.15) is 0 Å². The zero-order chi connectivity index (χ0) is 11.4. The molecule has 1 rings (SSSR count). The second kappa shape index (κ2) is 5.85. The summed E-state index contributed by atoms with van der Waals surface area (Å²) in [5.41, 5.74) is 6.73. The molecule has 1 atom stereocenters. The number of hydrogen-bond donors (Lipinski definition) is 1. The molecule has 0 amide bonds. The minimum absolute atomic E-state index is 0.361. The van der Waals surface area contributed by atoms with Crippen LogP contribution in [0.4, 0.5) is 0 Å². The number of nitrogens with two attached hydrogens (primary N) is 1. The van der Waals surface area contributed by atoms with E-state index in [1.54, 1.807) is 0 Å². The van der Waals surface area contributed by atoms with Gasteiger partial charge in [0.2, 0.25) is 0 Å². The lowest BCUT2D eigenvalue weighted by atomic mass is 10.2. The summed E-state index contributed by atoms with van der Waals surface area (Å²) in [6, 6.07) is 6.25. The first-order valence-corrected chi connectivity index (χ1v) is 6.06. The fourth-order valence-corrected chi connectivity index (χ4v) is 1.85. The van der Waals surface area contributed by atoms with Gasteiger partial charge < -0.3 is 5.73 Å². The molecule has 4 heteroatoms. The lowest BCUT2D eigenvalue weighted by Crippen LogP contribution is -2.34. The van der Waals surface area contributed by atoms with Crippen molar-refractivity contribution in [2.75, 3.05) is 13.6 Å². The van der Waals surface area contributed by atoms with Crippen molar-refractivity contribution < 1.29 is 0 Å². The van der Waals surface area contributed by atoms with Crippen LogP contribution in [-0.2, 0) is 6.54 Å². The molecule has 1 aromatic rings. The maximum absolute atomic E-state index is 6.11. The second-order valence-corrected chi connectivity index (χ2v) is 5.06. The average molecular weight is 292 g/mol. The fourth-order valence-electron chi connectivity index (χ4n) is 1.27. The smallest absolute Gasteiger partial charge is 0.0451 e. The van der Waals surface area contributed by atoms with Crippen LogP contribution < -0.4 is 5.73 Å². The summed E-state index contributed by atoms with van der Waals surface area (Å²) in [6.45, 7) is 3.57. The topological polar surface area (TPSA) is 29.3 Å². The molecule has 1 unspecified atom stereocenters. The Balaban J connectivity index is 2.75. The van der Waals surface area contributed by atoms with E-state index in [0.29, 0.717) is 12.6 Å². The Labute approximate surface area is 105 Å². The van der Waals surface area contributed by atoms with Gasteiger partial charge in [0.05, 0.1) is 0 Å². The highest BCUT2D eigenvalue weighted by molar-refractivity contribution is 9.10. The summed E-state index contributed by atoms with van der Waals surface area (Å²) in [5.74, 6) is 0. The lowest BCUT2D eigenvalue weighted by Gasteiger charge is -2.23. The van der Waals surface area contributed by atoms with Crippen molar-refractivity contribution in [2.45, 2.75) is 19.5 Å². The molecule has 0 heterocycles. The van der Waals surface area contributed by atoms with Crippen molar-refractivity contribution in [3.05, 3.63) is 33.3 Å². The van der Waals surface area contributed by atoms with Gasteiger partial charge in [-0.15, -0.1) is 0 Å². The van der Waals surface area contributed by atoms with Crippen molar-refractivity contribution in [1.82, 2.24) is 4.90 Å². The Kier molecular flexibility index (Phi) is 5.06. The Morgan fingerprint density at radius 3 is 2.80 bits per heavy atom. The number of nitrogens with zero attached hydrogens (tertiary/aromatic N) is 1. The third-order valence-corrected chi connectivity index (χ3v) is 3.38. The molecule has 0 saturated heterocycles. The Bertz CT molecular complexity index is 330. The van der Waals surface area contributed by atoms with Crippen molar-refractivity contribution in [1.29, 1.82) is 0 Å². The van der Waals surface area contributed by atoms with Gasteiger partial charge in [-0.1, -0.05) is 27.5 Å². The molecule has 0 aliphatic heterocycles. The Hall–Kier alpha value is -0.0900. The molecule has 0 spiro atoms.